The predicted octanol–water partition coefficient (Wildman–Crippen LogP) is 3.51. The molecule has 2 aromatic rings. The van der Waals surface area contributed by atoms with E-state index in [0.29, 0.717) is 47.2 Å². The van der Waals surface area contributed by atoms with Gasteiger partial charge in [0.15, 0.2) is 0 Å². The van der Waals surface area contributed by atoms with Crippen molar-refractivity contribution in [3.05, 3.63) is 53.1 Å². The van der Waals surface area contributed by atoms with Crippen molar-refractivity contribution in [2.75, 3.05) is 42.8 Å². The molecule has 0 aliphatic heterocycles. The van der Waals surface area contributed by atoms with Gasteiger partial charge in [-0.15, -0.1) is 0 Å². The fraction of sp³-hybridized carbons (Fsp3) is 0.318. The average molecular weight is 447 g/mol. The highest BCUT2D eigenvalue weighted by Crippen LogP contribution is 2.25. The molecule has 8 nitrogen and oxygen atoms in total. The van der Waals surface area contributed by atoms with Gasteiger partial charge in [0, 0.05) is 37.0 Å². The van der Waals surface area contributed by atoms with Crippen molar-refractivity contribution in [2.24, 2.45) is 0 Å². The Bertz CT molecular complexity index is 920. The summed E-state index contributed by atoms with van der Waals surface area (Å²) >= 11 is 6.16. The van der Waals surface area contributed by atoms with Crippen LogP contribution in [0.25, 0.3) is 0 Å². The Morgan fingerprint density at radius 1 is 1.00 bits per heavy atom. The number of amides is 3. The number of carbonyl (C=O) groups is 3. The highest BCUT2D eigenvalue weighted by Gasteiger charge is 2.10. The van der Waals surface area contributed by atoms with Crippen LogP contribution in [0.2, 0.25) is 5.02 Å². The van der Waals surface area contributed by atoms with Gasteiger partial charge in [0.1, 0.15) is 0 Å². The van der Waals surface area contributed by atoms with E-state index in [1.807, 2.05) is 6.92 Å². The number of hydrogen-bond acceptors (Lipinski definition) is 5. The van der Waals surface area contributed by atoms with Gasteiger partial charge in [-0.3, -0.25) is 14.4 Å². The Labute approximate surface area is 186 Å². The van der Waals surface area contributed by atoms with Crippen molar-refractivity contribution in [1.29, 1.82) is 0 Å². The van der Waals surface area contributed by atoms with Gasteiger partial charge in [-0.1, -0.05) is 24.6 Å². The van der Waals surface area contributed by atoms with E-state index in [1.165, 1.54) is 0 Å². The molecule has 0 atom stereocenters. The van der Waals surface area contributed by atoms with Crippen LogP contribution in [-0.4, -0.2) is 44.5 Å². The second-order valence-corrected chi connectivity index (χ2v) is 7.13. The molecule has 0 aliphatic rings. The van der Waals surface area contributed by atoms with Crippen molar-refractivity contribution >= 4 is 46.4 Å². The SMILES string of the molecule is CCCC(=O)Nc1ccc(Cl)c(NC(=O)CNc2cccc(C(=O)NCCOC)c2)c1. The maximum absolute atomic E-state index is 12.4. The first kappa shape index (κ1) is 24.2. The number of ether oxygens (including phenoxy) is 1. The summed E-state index contributed by atoms with van der Waals surface area (Å²) in [7, 11) is 1.56. The third-order valence-electron chi connectivity index (χ3n) is 4.17. The monoisotopic (exact) mass is 446 g/mol. The van der Waals surface area contributed by atoms with Crippen LogP contribution in [0.15, 0.2) is 42.5 Å². The smallest absolute Gasteiger partial charge is 0.251 e. The normalized spacial score (nSPS) is 10.3. The van der Waals surface area contributed by atoms with Gasteiger partial charge in [-0.2, -0.15) is 0 Å². The fourth-order valence-electron chi connectivity index (χ4n) is 2.67. The fourth-order valence-corrected chi connectivity index (χ4v) is 2.83. The number of halogens is 1. The summed E-state index contributed by atoms with van der Waals surface area (Å²) in [4.78, 5) is 36.2. The summed E-state index contributed by atoms with van der Waals surface area (Å²) < 4.78 is 4.91. The van der Waals surface area contributed by atoms with Crippen LogP contribution in [0, 0.1) is 0 Å². The topological polar surface area (TPSA) is 109 Å². The lowest BCUT2D eigenvalue weighted by molar-refractivity contribution is -0.116. The molecule has 0 bridgehead atoms. The van der Waals surface area contributed by atoms with Gasteiger partial charge in [0.25, 0.3) is 5.91 Å². The highest BCUT2D eigenvalue weighted by molar-refractivity contribution is 6.33. The van der Waals surface area contributed by atoms with E-state index in [0.717, 1.165) is 6.42 Å². The molecule has 9 heteroatoms. The molecule has 0 saturated heterocycles. The first-order chi connectivity index (χ1) is 14.9. The Balaban J connectivity index is 1.93. The van der Waals surface area contributed by atoms with Gasteiger partial charge < -0.3 is 26.0 Å². The van der Waals surface area contributed by atoms with E-state index >= 15 is 0 Å². The van der Waals surface area contributed by atoms with E-state index in [1.54, 1.807) is 49.6 Å². The number of anilines is 3. The number of methoxy groups -OCH3 is 1. The minimum Gasteiger partial charge on any atom is -0.383 e. The average Bonchev–Trinajstić information content (AvgIpc) is 2.75. The quantitative estimate of drug-likeness (QED) is 0.395. The molecular formula is C22H27ClN4O4. The van der Waals surface area contributed by atoms with Crippen LogP contribution < -0.4 is 21.3 Å². The first-order valence-electron chi connectivity index (χ1n) is 9.93. The van der Waals surface area contributed by atoms with Gasteiger partial charge in [0.05, 0.1) is 23.9 Å². The second-order valence-electron chi connectivity index (χ2n) is 6.72. The standard InChI is InChI=1S/C22H27ClN4O4/c1-3-5-20(28)26-17-8-9-18(23)19(13-17)27-21(29)14-25-16-7-4-6-15(12-16)22(30)24-10-11-31-2/h4,6-9,12-13,25H,3,5,10-11,14H2,1-2H3,(H,24,30)(H,26,28)(H,27,29). The van der Waals surface area contributed by atoms with Crippen LogP contribution in [0.1, 0.15) is 30.1 Å². The summed E-state index contributed by atoms with van der Waals surface area (Å²) in [5.74, 6) is -0.650. The summed E-state index contributed by atoms with van der Waals surface area (Å²) in [6.45, 7) is 2.73. The molecule has 0 saturated carbocycles. The minimum atomic E-state index is -0.325. The number of hydrogen-bond donors (Lipinski definition) is 4. The van der Waals surface area contributed by atoms with Crippen LogP contribution >= 0.6 is 11.6 Å². The van der Waals surface area contributed by atoms with Crippen LogP contribution in [0.4, 0.5) is 17.1 Å². The maximum atomic E-state index is 12.4. The molecule has 2 rings (SSSR count). The molecular weight excluding hydrogens is 420 g/mol. The third kappa shape index (κ3) is 8.27. The molecule has 0 heterocycles. The van der Waals surface area contributed by atoms with Gasteiger partial charge in [0.2, 0.25) is 11.8 Å². The van der Waals surface area contributed by atoms with Gasteiger partial charge in [-0.05, 0) is 42.8 Å². The minimum absolute atomic E-state index is 0.0303. The van der Waals surface area contributed by atoms with Crippen LogP contribution in [0.5, 0.6) is 0 Å². The molecule has 0 aromatic heterocycles. The molecule has 4 N–H and O–H groups in total. The van der Waals surface area contributed by atoms with E-state index in [9.17, 15) is 14.4 Å². The molecule has 2 aromatic carbocycles. The molecule has 0 radical (unpaired) electrons. The van der Waals surface area contributed by atoms with E-state index in [2.05, 4.69) is 21.3 Å². The molecule has 31 heavy (non-hydrogen) atoms. The molecule has 166 valence electrons. The predicted molar refractivity (Wildman–Crippen MR) is 123 cm³/mol. The lowest BCUT2D eigenvalue weighted by atomic mass is 10.2. The Hall–Kier alpha value is -3.10. The van der Waals surface area contributed by atoms with E-state index in [4.69, 9.17) is 16.3 Å². The maximum Gasteiger partial charge on any atom is 0.251 e. The second kappa shape index (κ2) is 12.6. The zero-order valence-corrected chi connectivity index (χ0v) is 18.3. The number of rotatable bonds is 11. The third-order valence-corrected chi connectivity index (χ3v) is 4.50. The lowest BCUT2D eigenvalue weighted by Crippen LogP contribution is -2.27. The summed E-state index contributed by atoms with van der Waals surface area (Å²) in [5.41, 5.74) is 2.05. The van der Waals surface area contributed by atoms with Crippen molar-refractivity contribution < 1.29 is 19.1 Å². The van der Waals surface area contributed by atoms with Crippen LogP contribution in [-0.2, 0) is 14.3 Å². The molecule has 0 fully saturated rings. The Morgan fingerprint density at radius 3 is 2.55 bits per heavy atom. The Morgan fingerprint density at radius 2 is 1.81 bits per heavy atom. The lowest BCUT2D eigenvalue weighted by Gasteiger charge is -2.12. The zero-order valence-electron chi connectivity index (χ0n) is 17.6. The van der Waals surface area contributed by atoms with E-state index in [-0.39, 0.29) is 24.3 Å². The number of nitrogens with one attached hydrogen (secondary N) is 4. The zero-order chi connectivity index (χ0) is 22.6. The summed E-state index contributed by atoms with van der Waals surface area (Å²) in [6.07, 6.45) is 1.16. The van der Waals surface area contributed by atoms with E-state index < -0.39 is 0 Å². The Kier molecular flexibility index (Phi) is 9.80. The summed E-state index contributed by atoms with van der Waals surface area (Å²) in [6, 6.07) is 11.7. The summed E-state index contributed by atoms with van der Waals surface area (Å²) in [5, 5.41) is 11.6. The number of carbonyl (C=O) groups excluding carboxylic acids is 3. The first-order valence-corrected chi connectivity index (χ1v) is 10.3. The largest absolute Gasteiger partial charge is 0.383 e. The molecule has 0 unspecified atom stereocenters. The number of benzene rings is 2. The molecule has 0 spiro atoms. The van der Waals surface area contributed by atoms with Gasteiger partial charge >= 0.3 is 0 Å². The highest BCUT2D eigenvalue weighted by atomic mass is 35.5. The van der Waals surface area contributed by atoms with Crippen molar-refractivity contribution in [3.63, 3.8) is 0 Å². The van der Waals surface area contributed by atoms with Gasteiger partial charge in [-0.25, -0.2) is 0 Å². The van der Waals surface area contributed by atoms with Crippen molar-refractivity contribution in [2.45, 2.75) is 19.8 Å². The molecule has 0 aliphatic carbocycles. The van der Waals surface area contributed by atoms with Crippen molar-refractivity contribution in [3.8, 4) is 0 Å². The van der Waals surface area contributed by atoms with Crippen LogP contribution in [0.3, 0.4) is 0 Å². The van der Waals surface area contributed by atoms with Crippen molar-refractivity contribution in [1.82, 2.24) is 5.32 Å². The molecule has 3 amide bonds.